The molecule has 0 aromatic carbocycles. The Kier molecular flexibility index (Phi) is 3.79. The highest BCUT2D eigenvalue weighted by Crippen LogP contribution is 2.05. The van der Waals surface area contributed by atoms with Gasteiger partial charge < -0.3 is 14.1 Å². The Morgan fingerprint density at radius 3 is 3.00 bits per heavy atom. The molecule has 15 heavy (non-hydrogen) atoms. The van der Waals surface area contributed by atoms with Gasteiger partial charge in [-0.05, 0) is 6.08 Å². The maximum absolute atomic E-state index is 11.2. The molecule has 5 heteroatoms. The number of aryl methyl sites for hydroxylation is 1. The number of nitrogens with zero attached hydrogens (tertiary/aromatic N) is 2. The molecule has 0 aliphatic heterocycles. The molecule has 0 saturated carbocycles. The molecule has 80 valence electrons. The van der Waals surface area contributed by atoms with Crippen LogP contribution < -0.4 is 0 Å². The number of rotatable bonds is 4. The minimum atomic E-state index is -0.479. The van der Waals surface area contributed by atoms with Crippen LogP contribution in [0.4, 0.5) is 0 Å². The average molecular weight is 208 g/mol. The van der Waals surface area contributed by atoms with Crippen molar-refractivity contribution in [2.45, 2.75) is 6.42 Å². The van der Waals surface area contributed by atoms with Gasteiger partial charge in [0.2, 0.25) is 5.82 Å². The third-order valence-corrected chi connectivity index (χ3v) is 1.78. The lowest BCUT2D eigenvalue weighted by atomic mass is 10.3. The van der Waals surface area contributed by atoms with Crippen molar-refractivity contribution in [1.29, 1.82) is 0 Å². The zero-order valence-electron chi connectivity index (χ0n) is 8.64. The Labute approximate surface area is 87.4 Å². The first kappa shape index (κ1) is 11.2. The fourth-order valence-electron chi connectivity index (χ4n) is 1.10. The Bertz CT molecular complexity index is 393. The molecule has 0 saturated heterocycles. The van der Waals surface area contributed by atoms with Gasteiger partial charge in [-0.25, -0.2) is 9.78 Å². The van der Waals surface area contributed by atoms with E-state index in [0.29, 0.717) is 12.1 Å². The van der Waals surface area contributed by atoms with E-state index in [1.54, 1.807) is 30.0 Å². The molecule has 1 aromatic rings. The van der Waals surface area contributed by atoms with Crippen LogP contribution >= 0.6 is 0 Å². The van der Waals surface area contributed by atoms with E-state index in [1.807, 2.05) is 0 Å². The lowest BCUT2D eigenvalue weighted by Gasteiger charge is -1.96. The van der Waals surface area contributed by atoms with E-state index in [9.17, 15) is 9.59 Å². The second-order valence-corrected chi connectivity index (χ2v) is 2.90. The standard InChI is InChI=1S/C10H12N2O3/c1-12-7-8(5-3-4-6-13)11-9(12)10(14)15-2/h3,5-7H,4H2,1-2H3. The maximum atomic E-state index is 11.2. The molecule has 0 radical (unpaired) electrons. The predicted molar refractivity (Wildman–Crippen MR) is 54.3 cm³/mol. The summed E-state index contributed by atoms with van der Waals surface area (Å²) in [6.07, 6.45) is 6.18. The molecule has 1 heterocycles. The van der Waals surface area contributed by atoms with Crippen molar-refractivity contribution in [3.05, 3.63) is 23.8 Å². The Balaban J connectivity index is 2.85. The van der Waals surface area contributed by atoms with Crippen molar-refractivity contribution >= 4 is 18.3 Å². The number of hydrogen-bond acceptors (Lipinski definition) is 4. The van der Waals surface area contributed by atoms with Crippen molar-refractivity contribution in [2.75, 3.05) is 7.11 Å². The van der Waals surface area contributed by atoms with Gasteiger partial charge >= 0.3 is 5.97 Å². The van der Waals surface area contributed by atoms with E-state index in [2.05, 4.69) is 9.72 Å². The summed E-state index contributed by atoms with van der Waals surface area (Å²) in [7, 11) is 3.01. The number of methoxy groups -OCH3 is 1. The second-order valence-electron chi connectivity index (χ2n) is 2.90. The minimum Gasteiger partial charge on any atom is -0.463 e. The summed E-state index contributed by atoms with van der Waals surface area (Å²) < 4.78 is 6.13. The predicted octanol–water partition coefficient (Wildman–Crippen LogP) is 0.809. The molecule has 0 fully saturated rings. The highest BCUT2D eigenvalue weighted by molar-refractivity contribution is 5.85. The summed E-state index contributed by atoms with van der Waals surface area (Å²) in [5, 5.41) is 0. The van der Waals surface area contributed by atoms with Gasteiger partial charge in [-0.2, -0.15) is 0 Å². The van der Waals surface area contributed by atoms with Gasteiger partial charge in [-0.1, -0.05) is 6.08 Å². The number of imidazole rings is 1. The first-order valence-electron chi connectivity index (χ1n) is 4.41. The fraction of sp³-hybridized carbons (Fsp3) is 0.300. The van der Waals surface area contributed by atoms with Crippen LogP contribution in [0.25, 0.3) is 6.08 Å². The normalized spacial score (nSPS) is 10.5. The SMILES string of the molecule is COC(=O)c1nc(C=CCC=O)cn1C. The van der Waals surface area contributed by atoms with Crippen LogP contribution in [0.2, 0.25) is 0 Å². The number of allylic oxidation sites excluding steroid dienone is 1. The molecule has 0 atom stereocenters. The number of aromatic nitrogens is 2. The van der Waals surface area contributed by atoms with Crippen LogP contribution in [0.5, 0.6) is 0 Å². The molecule has 0 aliphatic carbocycles. The number of carbonyl (C=O) groups excluding carboxylic acids is 2. The summed E-state index contributed by atoms with van der Waals surface area (Å²) in [4.78, 5) is 25.3. The summed E-state index contributed by atoms with van der Waals surface area (Å²) in [5.41, 5.74) is 0.625. The number of esters is 1. The smallest absolute Gasteiger partial charge is 0.374 e. The van der Waals surface area contributed by atoms with Gasteiger partial charge in [-0.3, -0.25) is 0 Å². The Morgan fingerprint density at radius 1 is 1.67 bits per heavy atom. The van der Waals surface area contributed by atoms with E-state index >= 15 is 0 Å². The summed E-state index contributed by atoms with van der Waals surface area (Å²) in [6, 6.07) is 0. The molecule has 0 N–H and O–H groups in total. The van der Waals surface area contributed by atoms with Crippen LogP contribution in [0.15, 0.2) is 12.3 Å². The van der Waals surface area contributed by atoms with Crippen molar-refractivity contribution < 1.29 is 14.3 Å². The number of aldehydes is 1. The molecule has 0 aliphatic rings. The average Bonchev–Trinajstić information content (AvgIpc) is 2.59. The van der Waals surface area contributed by atoms with Gasteiger partial charge in [0.1, 0.15) is 6.29 Å². The van der Waals surface area contributed by atoms with E-state index < -0.39 is 5.97 Å². The number of ether oxygens (including phenoxy) is 1. The molecule has 1 aromatic heterocycles. The zero-order valence-corrected chi connectivity index (χ0v) is 8.64. The number of carbonyl (C=O) groups is 2. The molecule has 0 spiro atoms. The number of hydrogen-bond donors (Lipinski definition) is 0. The van der Waals surface area contributed by atoms with Gasteiger partial charge in [-0.15, -0.1) is 0 Å². The van der Waals surface area contributed by atoms with Crippen LogP contribution in [-0.4, -0.2) is 28.9 Å². The largest absolute Gasteiger partial charge is 0.463 e. The third-order valence-electron chi connectivity index (χ3n) is 1.78. The van der Waals surface area contributed by atoms with Crippen molar-refractivity contribution in [2.24, 2.45) is 7.05 Å². The summed E-state index contributed by atoms with van der Waals surface area (Å²) in [6.45, 7) is 0. The first-order chi connectivity index (χ1) is 7.19. The lowest BCUT2D eigenvalue weighted by molar-refractivity contribution is -0.107. The molecule has 0 unspecified atom stereocenters. The monoisotopic (exact) mass is 208 g/mol. The Morgan fingerprint density at radius 2 is 2.40 bits per heavy atom. The highest BCUT2D eigenvalue weighted by Gasteiger charge is 2.12. The zero-order chi connectivity index (χ0) is 11.3. The highest BCUT2D eigenvalue weighted by atomic mass is 16.5. The van der Waals surface area contributed by atoms with Gasteiger partial charge in [0.05, 0.1) is 12.8 Å². The lowest BCUT2D eigenvalue weighted by Crippen LogP contribution is -2.08. The quantitative estimate of drug-likeness (QED) is 0.542. The molecular weight excluding hydrogens is 196 g/mol. The van der Waals surface area contributed by atoms with E-state index in [1.165, 1.54) is 7.11 Å². The molecule has 0 amide bonds. The fourth-order valence-corrected chi connectivity index (χ4v) is 1.10. The Hall–Kier alpha value is -1.91. The van der Waals surface area contributed by atoms with Crippen LogP contribution in [0.3, 0.4) is 0 Å². The maximum Gasteiger partial charge on any atom is 0.374 e. The molecule has 5 nitrogen and oxygen atoms in total. The summed E-state index contributed by atoms with van der Waals surface area (Å²) >= 11 is 0. The van der Waals surface area contributed by atoms with Gasteiger partial charge in [0.15, 0.2) is 0 Å². The third kappa shape index (κ3) is 2.77. The van der Waals surface area contributed by atoms with E-state index in [-0.39, 0.29) is 5.82 Å². The first-order valence-corrected chi connectivity index (χ1v) is 4.41. The molecular formula is C10H12N2O3. The second kappa shape index (κ2) is 5.09. The van der Waals surface area contributed by atoms with Crippen molar-refractivity contribution in [1.82, 2.24) is 9.55 Å². The van der Waals surface area contributed by atoms with Crippen molar-refractivity contribution in [3.8, 4) is 0 Å². The van der Waals surface area contributed by atoms with E-state index in [0.717, 1.165) is 6.29 Å². The molecule has 0 bridgehead atoms. The van der Waals surface area contributed by atoms with Crippen molar-refractivity contribution in [3.63, 3.8) is 0 Å². The van der Waals surface area contributed by atoms with Crippen LogP contribution in [-0.2, 0) is 16.6 Å². The topological polar surface area (TPSA) is 61.2 Å². The van der Waals surface area contributed by atoms with Gasteiger partial charge in [0, 0.05) is 19.7 Å². The minimum absolute atomic E-state index is 0.239. The van der Waals surface area contributed by atoms with Crippen LogP contribution in [0.1, 0.15) is 22.7 Å². The van der Waals surface area contributed by atoms with Gasteiger partial charge in [0.25, 0.3) is 0 Å². The molecule has 1 rings (SSSR count). The van der Waals surface area contributed by atoms with Crippen LogP contribution in [0, 0.1) is 0 Å². The van der Waals surface area contributed by atoms with E-state index in [4.69, 9.17) is 0 Å². The summed E-state index contributed by atoms with van der Waals surface area (Å²) in [5.74, 6) is -0.240.